The second-order valence-corrected chi connectivity index (χ2v) is 2.87. The number of halogens is 2. The first-order valence-corrected chi connectivity index (χ1v) is 3.92. The molecule has 0 nitrogen and oxygen atoms in total. The van der Waals surface area contributed by atoms with Gasteiger partial charge in [-0.3, -0.25) is 0 Å². The molecule has 0 aromatic heterocycles. The lowest BCUT2D eigenvalue weighted by Crippen LogP contribution is -1.63. The van der Waals surface area contributed by atoms with Crippen LogP contribution >= 0.6 is 35.0 Å². The first-order chi connectivity index (χ1) is 3.27. The van der Waals surface area contributed by atoms with Crippen molar-refractivity contribution in [2.45, 2.75) is 0 Å². The standard InChI is InChI=1S/C4H6Cl2S/c1-7-3-2-4(5)6/h2H,3H2,1H3. The van der Waals surface area contributed by atoms with Crippen LogP contribution in [0.2, 0.25) is 0 Å². The van der Waals surface area contributed by atoms with Gasteiger partial charge in [0.25, 0.3) is 0 Å². The van der Waals surface area contributed by atoms with Crippen molar-refractivity contribution in [2.75, 3.05) is 12.0 Å². The van der Waals surface area contributed by atoms with Crippen LogP contribution < -0.4 is 0 Å². The molecule has 0 amide bonds. The smallest absolute Gasteiger partial charge is 0.103 e. The Hall–Kier alpha value is 0.670. The summed E-state index contributed by atoms with van der Waals surface area (Å²) < 4.78 is 0.356. The minimum Gasteiger partial charge on any atom is -0.161 e. The molecule has 42 valence electrons. The van der Waals surface area contributed by atoms with Crippen molar-refractivity contribution < 1.29 is 0 Å². The summed E-state index contributed by atoms with van der Waals surface area (Å²) >= 11 is 12.2. The van der Waals surface area contributed by atoms with Gasteiger partial charge in [-0.05, 0) is 12.3 Å². The molecule has 0 aliphatic rings. The Labute approximate surface area is 57.9 Å². The van der Waals surface area contributed by atoms with Gasteiger partial charge in [0.15, 0.2) is 0 Å². The first-order valence-electron chi connectivity index (χ1n) is 1.77. The van der Waals surface area contributed by atoms with Gasteiger partial charge in [-0.15, -0.1) is 0 Å². The highest BCUT2D eigenvalue weighted by atomic mass is 35.5. The van der Waals surface area contributed by atoms with Crippen LogP contribution in [0.25, 0.3) is 0 Å². The van der Waals surface area contributed by atoms with E-state index in [4.69, 9.17) is 23.2 Å². The van der Waals surface area contributed by atoms with E-state index in [0.717, 1.165) is 5.75 Å². The Kier molecular flexibility index (Phi) is 5.28. The predicted molar refractivity (Wildman–Crippen MR) is 38.2 cm³/mol. The highest BCUT2D eigenvalue weighted by Gasteiger charge is 1.78. The maximum absolute atomic E-state index is 5.27. The van der Waals surface area contributed by atoms with Crippen molar-refractivity contribution in [1.29, 1.82) is 0 Å². The van der Waals surface area contributed by atoms with Gasteiger partial charge < -0.3 is 0 Å². The third-order valence-corrected chi connectivity index (χ3v) is 1.21. The number of hydrogen-bond donors (Lipinski definition) is 0. The normalized spacial score (nSPS) is 8.43. The van der Waals surface area contributed by atoms with Crippen LogP contribution in [-0.2, 0) is 0 Å². The second kappa shape index (κ2) is 4.82. The van der Waals surface area contributed by atoms with Crippen molar-refractivity contribution in [3.8, 4) is 0 Å². The molecular formula is C4H6Cl2S. The van der Waals surface area contributed by atoms with Gasteiger partial charge in [-0.25, -0.2) is 0 Å². The Balaban J connectivity index is 3.08. The zero-order valence-corrected chi connectivity index (χ0v) is 6.28. The predicted octanol–water partition coefficient (Wildman–Crippen LogP) is 2.67. The van der Waals surface area contributed by atoms with E-state index >= 15 is 0 Å². The summed E-state index contributed by atoms with van der Waals surface area (Å²) in [7, 11) is 0. The van der Waals surface area contributed by atoms with E-state index in [9.17, 15) is 0 Å². The molecule has 0 bridgehead atoms. The lowest BCUT2D eigenvalue weighted by atomic mass is 10.8. The van der Waals surface area contributed by atoms with Crippen LogP contribution in [-0.4, -0.2) is 12.0 Å². The van der Waals surface area contributed by atoms with Crippen molar-refractivity contribution in [2.24, 2.45) is 0 Å². The highest BCUT2D eigenvalue weighted by Crippen LogP contribution is 2.07. The first kappa shape index (κ1) is 7.67. The molecule has 0 aliphatic carbocycles. The third-order valence-electron chi connectivity index (χ3n) is 0.404. The Morgan fingerprint density at radius 2 is 2.29 bits per heavy atom. The molecule has 0 rings (SSSR count). The largest absolute Gasteiger partial charge is 0.161 e. The fraction of sp³-hybridized carbons (Fsp3) is 0.500. The molecule has 0 saturated carbocycles. The van der Waals surface area contributed by atoms with Crippen LogP contribution in [0.5, 0.6) is 0 Å². The molecule has 0 unspecified atom stereocenters. The molecule has 0 aromatic rings. The van der Waals surface area contributed by atoms with Gasteiger partial charge in [0.1, 0.15) is 4.49 Å². The molecule has 0 N–H and O–H groups in total. The SMILES string of the molecule is CSCC=C(Cl)Cl. The van der Waals surface area contributed by atoms with Crippen LogP contribution in [0.15, 0.2) is 10.6 Å². The van der Waals surface area contributed by atoms with Crippen LogP contribution in [0.1, 0.15) is 0 Å². The van der Waals surface area contributed by atoms with Gasteiger partial charge in [-0.2, -0.15) is 11.8 Å². The molecule has 0 radical (unpaired) electrons. The van der Waals surface area contributed by atoms with E-state index < -0.39 is 0 Å². The average Bonchev–Trinajstić information content (AvgIpc) is 1.61. The third kappa shape index (κ3) is 6.67. The molecular weight excluding hydrogens is 151 g/mol. The Morgan fingerprint density at radius 3 is 2.43 bits per heavy atom. The van der Waals surface area contributed by atoms with Gasteiger partial charge >= 0.3 is 0 Å². The molecule has 0 fully saturated rings. The number of thioether (sulfide) groups is 1. The Bertz CT molecular complexity index is 66.1. The van der Waals surface area contributed by atoms with Crippen LogP contribution in [0.3, 0.4) is 0 Å². The van der Waals surface area contributed by atoms with E-state index in [1.165, 1.54) is 0 Å². The summed E-state index contributed by atoms with van der Waals surface area (Å²) in [6.45, 7) is 0. The summed E-state index contributed by atoms with van der Waals surface area (Å²) in [5.74, 6) is 0.891. The minimum absolute atomic E-state index is 0.356. The van der Waals surface area contributed by atoms with Gasteiger partial charge in [0.05, 0.1) is 0 Å². The molecule has 0 heterocycles. The minimum atomic E-state index is 0.356. The van der Waals surface area contributed by atoms with E-state index in [-0.39, 0.29) is 0 Å². The monoisotopic (exact) mass is 156 g/mol. The summed E-state index contributed by atoms with van der Waals surface area (Å²) in [5, 5.41) is 0. The lowest BCUT2D eigenvalue weighted by molar-refractivity contribution is 1.79. The lowest BCUT2D eigenvalue weighted by Gasteiger charge is -1.81. The summed E-state index contributed by atoms with van der Waals surface area (Å²) in [5.41, 5.74) is 0. The van der Waals surface area contributed by atoms with E-state index in [0.29, 0.717) is 4.49 Å². The van der Waals surface area contributed by atoms with Crippen LogP contribution in [0, 0.1) is 0 Å². The molecule has 7 heavy (non-hydrogen) atoms. The molecule has 0 aromatic carbocycles. The van der Waals surface area contributed by atoms with E-state index in [1.54, 1.807) is 17.8 Å². The second-order valence-electron chi connectivity index (χ2n) is 0.949. The fourth-order valence-electron chi connectivity index (χ4n) is 0.146. The van der Waals surface area contributed by atoms with Crippen LogP contribution in [0.4, 0.5) is 0 Å². The van der Waals surface area contributed by atoms with E-state index in [2.05, 4.69) is 0 Å². The zero-order valence-electron chi connectivity index (χ0n) is 3.95. The highest BCUT2D eigenvalue weighted by molar-refractivity contribution is 7.98. The summed E-state index contributed by atoms with van der Waals surface area (Å²) in [6.07, 6.45) is 3.75. The molecule has 0 spiro atoms. The van der Waals surface area contributed by atoms with Gasteiger partial charge in [0.2, 0.25) is 0 Å². The van der Waals surface area contributed by atoms with Crippen molar-refractivity contribution in [1.82, 2.24) is 0 Å². The molecule has 0 aliphatic heterocycles. The maximum Gasteiger partial charge on any atom is 0.103 e. The van der Waals surface area contributed by atoms with Crippen molar-refractivity contribution in [3.63, 3.8) is 0 Å². The number of hydrogen-bond acceptors (Lipinski definition) is 1. The van der Waals surface area contributed by atoms with Crippen molar-refractivity contribution in [3.05, 3.63) is 10.6 Å². The van der Waals surface area contributed by atoms with E-state index in [1.807, 2.05) is 6.26 Å². The van der Waals surface area contributed by atoms with Gasteiger partial charge in [0, 0.05) is 5.75 Å². The molecule has 0 atom stereocenters. The van der Waals surface area contributed by atoms with Crippen molar-refractivity contribution >= 4 is 35.0 Å². The molecule has 0 saturated heterocycles. The topological polar surface area (TPSA) is 0 Å². The average molecular weight is 157 g/mol. The fourth-order valence-corrected chi connectivity index (χ4v) is 0.817. The molecule has 3 heteroatoms. The Morgan fingerprint density at radius 1 is 1.71 bits per heavy atom. The quantitative estimate of drug-likeness (QED) is 0.593. The van der Waals surface area contributed by atoms with Gasteiger partial charge in [-0.1, -0.05) is 23.2 Å². The summed E-state index contributed by atoms with van der Waals surface area (Å²) in [6, 6.07) is 0. The number of rotatable bonds is 2. The zero-order chi connectivity index (χ0) is 5.70. The maximum atomic E-state index is 5.27. The summed E-state index contributed by atoms with van der Waals surface area (Å²) in [4.78, 5) is 0.